The molecule has 1 atom stereocenters. The van der Waals surface area contributed by atoms with E-state index in [2.05, 4.69) is 25.4 Å². The van der Waals surface area contributed by atoms with E-state index in [4.69, 9.17) is 4.52 Å². The maximum absolute atomic E-state index is 5.34. The van der Waals surface area contributed by atoms with Crippen LogP contribution in [0.1, 0.15) is 24.8 Å². The summed E-state index contributed by atoms with van der Waals surface area (Å²) in [5, 5.41) is 7.38. The summed E-state index contributed by atoms with van der Waals surface area (Å²) in [6.45, 7) is 1.00. The zero-order valence-electron chi connectivity index (χ0n) is 11.9. The Labute approximate surface area is 127 Å². The quantitative estimate of drug-likeness (QED) is 0.800. The van der Waals surface area contributed by atoms with Crippen LogP contribution < -0.4 is 5.32 Å². The first-order valence-electron chi connectivity index (χ1n) is 7.34. The molecule has 1 fully saturated rings. The van der Waals surface area contributed by atoms with E-state index in [1.807, 2.05) is 30.5 Å². The van der Waals surface area contributed by atoms with Crippen LogP contribution in [0.25, 0.3) is 22.6 Å². The van der Waals surface area contributed by atoms with Crippen LogP contribution in [0.15, 0.2) is 47.4 Å². The van der Waals surface area contributed by atoms with Gasteiger partial charge in [0.25, 0.3) is 0 Å². The minimum absolute atomic E-state index is 0.177. The van der Waals surface area contributed by atoms with E-state index in [0.717, 1.165) is 30.5 Å². The van der Waals surface area contributed by atoms with Gasteiger partial charge in [0, 0.05) is 29.7 Å². The number of nitrogens with one attached hydrogen (secondary N) is 1. The monoisotopic (exact) mass is 293 g/mol. The van der Waals surface area contributed by atoms with Crippen molar-refractivity contribution in [1.82, 2.24) is 25.4 Å². The number of pyridine rings is 2. The van der Waals surface area contributed by atoms with Gasteiger partial charge in [-0.15, -0.1) is 0 Å². The lowest BCUT2D eigenvalue weighted by atomic mass is 10.1. The molecule has 110 valence electrons. The van der Waals surface area contributed by atoms with Crippen molar-refractivity contribution in [3.05, 3.63) is 48.7 Å². The standard InChI is InChI=1S/C16H15N5O/c1-3-11(9-17-7-1)12-5-6-13(19-10-12)15-20-16(22-21-15)14-4-2-8-18-14/h1,3,5-7,9-10,14,18H,2,4,8H2. The molecule has 22 heavy (non-hydrogen) atoms. The molecule has 4 rings (SSSR count). The van der Waals surface area contributed by atoms with Gasteiger partial charge in [0.05, 0.1) is 6.04 Å². The summed E-state index contributed by atoms with van der Waals surface area (Å²) in [5.74, 6) is 1.17. The zero-order valence-corrected chi connectivity index (χ0v) is 11.9. The molecule has 1 unspecified atom stereocenters. The maximum Gasteiger partial charge on any atom is 0.244 e. The molecule has 1 saturated heterocycles. The molecule has 0 aromatic carbocycles. The maximum atomic E-state index is 5.34. The highest BCUT2D eigenvalue weighted by molar-refractivity contribution is 5.63. The summed E-state index contributed by atoms with van der Waals surface area (Å²) in [6.07, 6.45) is 7.55. The van der Waals surface area contributed by atoms with Crippen molar-refractivity contribution in [2.24, 2.45) is 0 Å². The average Bonchev–Trinajstić information content (AvgIpc) is 3.27. The minimum Gasteiger partial charge on any atom is -0.337 e. The van der Waals surface area contributed by atoms with Gasteiger partial charge < -0.3 is 9.84 Å². The molecule has 0 amide bonds. The first-order chi connectivity index (χ1) is 10.9. The third kappa shape index (κ3) is 2.48. The Hall–Kier alpha value is -2.60. The van der Waals surface area contributed by atoms with Gasteiger partial charge in [0.2, 0.25) is 11.7 Å². The van der Waals surface area contributed by atoms with Crippen molar-refractivity contribution in [3.63, 3.8) is 0 Å². The average molecular weight is 293 g/mol. The highest BCUT2D eigenvalue weighted by atomic mass is 16.5. The Morgan fingerprint density at radius 1 is 1.14 bits per heavy atom. The Balaban J connectivity index is 1.58. The minimum atomic E-state index is 0.177. The van der Waals surface area contributed by atoms with Crippen LogP contribution in [-0.4, -0.2) is 26.7 Å². The summed E-state index contributed by atoms with van der Waals surface area (Å²) < 4.78 is 5.34. The fourth-order valence-electron chi connectivity index (χ4n) is 2.61. The van der Waals surface area contributed by atoms with E-state index in [1.165, 1.54) is 0 Å². The summed E-state index contributed by atoms with van der Waals surface area (Å²) in [4.78, 5) is 13.0. The van der Waals surface area contributed by atoms with Crippen LogP contribution in [0.4, 0.5) is 0 Å². The van der Waals surface area contributed by atoms with Gasteiger partial charge in [-0.3, -0.25) is 9.97 Å². The summed E-state index contributed by atoms with van der Waals surface area (Å²) in [6, 6.07) is 7.98. The van der Waals surface area contributed by atoms with Gasteiger partial charge in [0.15, 0.2) is 0 Å². The van der Waals surface area contributed by atoms with Gasteiger partial charge >= 0.3 is 0 Å². The Kier molecular flexibility index (Phi) is 3.36. The number of hydrogen-bond donors (Lipinski definition) is 1. The molecule has 0 radical (unpaired) electrons. The molecule has 3 aromatic heterocycles. The molecule has 1 aliphatic heterocycles. The largest absolute Gasteiger partial charge is 0.337 e. The smallest absolute Gasteiger partial charge is 0.244 e. The Morgan fingerprint density at radius 3 is 2.82 bits per heavy atom. The zero-order chi connectivity index (χ0) is 14.8. The molecule has 3 aromatic rings. The summed E-state index contributed by atoms with van der Waals surface area (Å²) >= 11 is 0. The predicted molar refractivity (Wildman–Crippen MR) is 80.7 cm³/mol. The molecule has 1 N–H and O–H groups in total. The normalized spacial score (nSPS) is 17.7. The Morgan fingerprint density at radius 2 is 2.09 bits per heavy atom. The van der Waals surface area contributed by atoms with Gasteiger partial charge in [-0.25, -0.2) is 0 Å². The third-order valence-corrected chi connectivity index (χ3v) is 3.79. The van der Waals surface area contributed by atoms with Crippen LogP contribution >= 0.6 is 0 Å². The Bertz CT molecular complexity index is 748. The van der Waals surface area contributed by atoms with Crippen LogP contribution in [0.3, 0.4) is 0 Å². The molecule has 0 spiro atoms. The van der Waals surface area contributed by atoms with Crippen molar-refractivity contribution in [1.29, 1.82) is 0 Å². The predicted octanol–water partition coefficient (Wildman–Crippen LogP) is 2.62. The fourth-order valence-corrected chi connectivity index (χ4v) is 2.61. The van der Waals surface area contributed by atoms with Gasteiger partial charge in [-0.05, 0) is 31.5 Å². The van der Waals surface area contributed by atoms with Gasteiger partial charge in [-0.1, -0.05) is 17.3 Å². The highest BCUT2D eigenvalue weighted by Crippen LogP contribution is 2.24. The molecule has 0 aliphatic carbocycles. The van der Waals surface area contributed by atoms with E-state index < -0.39 is 0 Å². The van der Waals surface area contributed by atoms with Gasteiger partial charge in [-0.2, -0.15) is 4.98 Å². The SMILES string of the molecule is c1cncc(-c2ccc(-c3noc(C4CCCN4)n3)nc2)c1. The lowest BCUT2D eigenvalue weighted by Gasteiger charge is -2.02. The van der Waals surface area contributed by atoms with Crippen LogP contribution in [0.2, 0.25) is 0 Å². The van der Waals surface area contributed by atoms with Crippen molar-refractivity contribution >= 4 is 0 Å². The van der Waals surface area contributed by atoms with E-state index in [9.17, 15) is 0 Å². The molecule has 4 heterocycles. The van der Waals surface area contributed by atoms with Crippen LogP contribution in [-0.2, 0) is 0 Å². The first-order valence-corrected chi connectivity index (χ1v) is 7.34. The molecular weight excluding hydrogens is 278 g/mol. The van der Waals surface area contributed by atoms with E-state index in [-0.39, 0.29) is 6.04 Å². The molecular formula is C16H15N5O. The van der Waals surface area contributed by atoms with E-state index >= 15 is 0 Å². The molecule has 0 saturated carbocycles. The number of aromatic nitrogens is 4. The van der Waals surface area contributed by atoms with E-state index in [0.29, 0.717) is 17.4 Å². The summed E-state index contributed by atoms with van der Waals surface area (Å²) in [7, 11) is 0. The first kappa shape index (κ1) is 13.1. The van der Waals surface area contributed by atoms with Crippen molar-refractivity contribution in [2.75, 3.05) is 6.54 Å². The van der Waals surface area contributed by atoms with E-state index in [1.54, 1.807) is 12.4 Å². The lowest BCUT2D eigenvalue weighted by molar-refractivity contribution is 0.345. The molecule has 6 nitrogen and oxygen atoms in total. The van der Waals surface area contributed by atoms with Crippen LogP contribution in [0, 0.1) is 0 Å². The van der Waals surface area contributed by atoms with Crippen molar-refractivity contribution < 1.29 is 4.52 Å². The lowest BCUT2D eigenvalue weighted by Crippen LogP contribution is -2.12. The summed E-state index contributed by atoms with van der Waals surface area (Å²) in [5.41, 5.74) is 2.75. The third-order valence-electron chi connectivity index (χ3n) is 3.79. The molecule has 6 heteroatoms. The highest BCUT2D eigenvalue weighted by Gasteiger charge is 2.22. The number of rotatable bonds is 3. The molecule has 1 aliphatic rings. The second-order valence-corrected chi connectivity index (χ2v) is 5.28. The fraction of sp³-hybridized carbons (Fsp3) is 0.250. The van der Waals surface area contributed by atoms with Crippen molar-refractivity contribution in [2.45, 2.75) is 18.9 Å². The second kappa shape index (κ2) is 5.65. The molecule has 0 bridgehead atoms. The number of nitrogens with zero attached hydrogens (tertiary/aromatic N) is 4. The number of hydrogen-bond acceptors (Lipinski definition) is 6. The van der Waals surface area contributed by atoms with Crippen molar-refractivity contribution in [3.8, 4) is 22.6 Å². The van der Waals surface area contributed by atoms with Gasteiger partial charge in [0.1, 0.15) is 5.69 Å². The van der Waals surface area contributed by atoms with Crippen LogP contribution in [0.5, 0.6) is 0 Å². The second-order valence-electron chi connectivity index (χ2n) is 5.28. The topological polar surface area (TPSA) is 76.7 Å².